The molecule has 0 spiro atoms. The average molecular weight is 560 g/mol. The number of aryl methyl sites for hydroxylation is 2. The van der Waals surface area contributed by atoms with Crippen LogP contribution in [-0.4, -0.2) is 70.7 Å². The molecule has 0 aliphatic carbocycles. The molecule has 216 valence electrons. The Morgan fingerprint density at radius 3 is 2.56 bits per heavy atom. The number of fused-ring (bicyclic) bond motifs is 1. The van der Waals surface area contributed by atoms with Crippen molar-refractivity contribution in [2.45, 2.75) is 40.3 Å². The molecule has 4 aromatic rings. The Balaban J connectivity index is 1.80. The van der Waals surface area contributed by atoms with E-state index in [4.69, 9.17) is 9.72 Å². The van der Waals surface area contributed by atoms with Gasteiger partial charge in [-0.15, -0.1) is 0 Å². The number of ether oxygens (including phenoxy) is 1. The molecule has 0 unspecified atom stereocenters. The number of carbonyl (C=O) groups is 1. The van der Waals surface area contributed by atoms with E-state index in [0.717, 1.165) is 35.1 Å². The Morgan fingerprint density at radius 1 is 1.17 bits per heavy atom. The third kappa shape index (κ3) is 6.46. The minimum atomic E-state index is -0.521. The summed E-state index contributed by atoms with van der Waals surface area (Å²) in [7, 11) is 5.76. The van der Waals surface area contributed by atoms with Gasteiger partial charge in [-0.25, -0.2) is 14.8 Å². The van der Waals surface area contributed by atoms with E-state index >= 15 is 0 Å². The van der Waals surface area contributed by atoms with Crippen LogP contribution < -0.4 is 10.2 Å². The molecule has 2 heterocycles. The van der Waals surface area contributed by atoms with Crippen LogP contribution in [0.5, 0.6) is 0 Å². The van der Waals surface area contributed by atoms with Crippen molar-refractivity contribution in [2.24, 2.45) is 0 Å². The maximum atomic E-state index is 13.1. The highest BCUT2D eigenvalue weighted by Crippen LogP contribution is 2.36. The quantitative estimate of drug-likeness (QED) is 0.141. The number of nitro groups is 1. The molecular formula is C30H37N7O4. The molecule has 0 bridgehead atoms. The molecule has 11 nitrogen and oxygen atoms in total. The number of aromatic nitrogens is 3. The molecule has 4 rings (SSSR count). The van der Waals surface area contributed by atoms with Crippen LogP contribution in [0.15, 0.2) is 48.8 Å². The van der Waals surface area contributed by atoms with Gasteiger partial charge in [-0.1, -0.05) is 18.2 Å². The smallest absolute Gasteiger partial charge is 0.342 e. The lowest BCUT2D eigenvalue weighted by Crippen LogP contribution is -2.29. The first-order chi connectivity index (χ1) is 19.5. The Hall–Kier alpha value is -4.51. The van der Waals surface area contributed by atoms with Crippen molar-refractivity contribution in [3.05, 3.63) is 70.0 Å². The third-order valence-corrected chi connectivity index (χ3v) is 6.79. The first kappa shape index (κ1) is 29.5. The number of hydrogen-bond acceptors (Lipinski definition) is 9. The van der Waals surface area contributed by atoms with Gasteiger partial charge in [0, 0.05) is 61.6 Å². The maximum Gasteiger partial charge on any atom is 0.342 e. The molecule has 0 radical (unpaired) electrons. The zero-order valence-corrected chi connectivity index (χ0v) is 24.6. The van der Waals surface area contributed by atoms with E-state index in [0.29, 0.717) is 23.6 Å². The van der Waals surface area contributed by atoms with Gasteiger partial charge in [-0.3, -0.25) is 10.1 Å². The fourth-order valence-electron chi connectivity index (χ4n) is 4.63. The molecule has 2 aromatic heterocycles. The lowest BCUT2D eigenvalue weighted by atomic mass is 10.1. The molecule has 0 amide bonds. The number of anilines is 3. The lowest BCUT2D eigenvalue weighted by Gasteiger charge is -2.22. The predicted molar refractivity (Wildman–Crippen MR) is 162 cm³/mol. The number of nitrogens with one attached hydrogen (secondary N) is 1. The zero-order valence-electron chi connectivity index (χ0n) is 24.6. The SMILES string of the molecule is CCn1cc(-c2nc(Nc3cc([N+](=O)[O-])c(N(C)CCN(C)C)cc3C)ncc2C(=O)OC(C)C)c2ccccc21. The van der Waals surface area contributed by atoms with Gasteiger partial charge < -0.3 is 24.4 Å². The summed E-state index contributed by atoms with van der Waals surface area (Å²) in [6.45, 7) is 9.62. The number of esters is 1. The minimum absolute atomic E-state index is 0.0253. The highest BCUT2D eigenvalue weighted by molar-refractivity contribution is 6.03. The molecule has 11 heteroatoms. The number of benzene rings is 2. The summed E-state index contributed by atoms with van der Waals surface area (Å²) < 4.78 is 7.60. The minimum Gasteiger partial charge on any atom is -0.459 e. The van der Waals surface area contributed by atoms with E-state index in [1.165, 1.54) is 12.3 Å². The van der Waals surface area contributed by atoms with Crippen LogP contribution in [0.25, 0.3) is 22.2 Å². The number of rotatable bonds is 11. The largest absolute Gasteiger partial charge is 0.459 e. The molecule has 0 saturated carbocycles. The molecule has 0 aliphatic rings. The van der Waals surface area contributed by atoms with Gasteiger partial charge in [0.2, 0.25) is 5.95 Å². The zero-order chi connectivity index (χ0) is 29.8. The highest BCUT2D eigenvalue weighted by Gasteiger charge is 2.24. The standard InChI is InChI=1S/C30H37N7O4/c1-8-36-18-23(21-11-9-10-12-25(21)36)28-22(29(38)41-19(2)3)17-31-30(33-28)32-24-16-27(37(39)40)26(15-20(24)4)35(7)14-13-34(5)6/h9-12,15-19H,8,13-14H2,1-7H3,(H,31,32,33). The number of nitrogens with zero attached hydrogens (tertiary/aromatic N) is 6. The van der Waals surface area contributed by atoms with Gasteiger partial charge in [-0.2, -0.15) is 0 Å². The van der Waals surface area contributed by atoms with E-state index in [-0.39, 0.29) is 28.2 Å². The highest BCUT2D eigenvalue weighted by atomic mass is 16.6. The number of nitro benzene ring substituents is 1. The van der Waals surface area contributed by atoms with Crippen LogP contribution in [0.4, 0.5) is 23.0 Å². The summed E-state index contributed by atoms with van der Waals surface area (Å²) in [5.41, 5.74) is 4.24. The second-order valence-corrected chi connectivity index (χ2v) is 10.5. The third-order valence-electron chi connectivity index (χ3n) is 6.79. The second kappa shape index (κ2) is 12.3. The predicted octanol–water partition coefficient (Wildman–Crippen LogP) is 5.64. The van der Waals surface area contributed by atoms with Crippen LogP contribution in [-0.2, 0) is 11.3 Å². The first-order valence-corrected chi connectivity index (χ1v) is 13.6. The van der Waals surface area contributed by atoms with Crippen molar-refractivity contribution < 1.29 is 14.5 Å². The van der Waals surface area contributed by atoms with E-state index in [2.05, 4.69) is 21.8 Å². The molecule has 2 aromatic carbocycles. The van der Waals surface area contributed by atoms with Crippen LogP contribution in [0, 0.1) is 17.0 Å². The topological polar surface area (TPSA) is 119 Å². The maximum absolute atomic E-state index is 13.1. The summed E-state index contributed by atoms with van der Waals surface area (Å²) in [5, 5.41) is 16.1. The van der Waals surface area contributed by atoms with Crippen molar-refractivity contribution in [1.29, 1.82) is 0 Å². The van der Waals surface area contributed by atoms with Crippen molar-refractivity contribution >= 4 is 39.9 Å². The summed E-state index contributed by atoms with van der Waals surface area (Å²) in [4.78, 5) is 37.8. The van der Waals surface area contributed by atoms with Crippen molar-refractivity contribution in [2.75, 3.05) is 44.4 Å². The molecule has 0 atom stereocenters. The lowest BCUT2D eigenvalue weighted by molar-refractivity contribution is -0.384. The molecule has 41 heavy (non-hydrogen) atoms. The summed E-state index contributed by atoms with van der Waals surface area (Å²) >= 11 is 0. The summed E-state index contributed by atoms with van der Waals surface area (Å²) in [6.07, 6.45) is 3.10. The van der Waals surface area contributed by atoms with E-state index in [1.54, 1.807) is 19.9 Å². The second-order valence-electron chi connectivity index (χ2n) is 10.5. The molecule has 0 saturated heterocycles. The van der Waals surface area contributed by atoms with Gasteiger partial charge in [0.1, 0.15) is 11.3 Å². The van der Waals surface area contributed by atoms with Gasteiger partial charge in [0.25, 0.3) is 5.69 Å². The summed E-state index contributed by atoms with van der Waals surface area (Å²) in [5.74, 6) is -0.313. The fraction of sp³-hybridized carbons (Fsp3) is 0.367. The van der Waals surface area contributed by atoms with Gasteiger partial charge >= 0.3 is 5.97 Å². The van der Waals surface area contributed by atoms with Crippen molar-refractivity contribution in [1.82, 2.24) is 19.4 Å². The van der Waals surface area contributed by atoms with E-state index in [1.807, 2.05) is 68.3 Å². The monoisotopic (exact) mass is 559 g/mol. The van der Waals surface area contributed by atoms with Crippen LogP contribution in [0.3, 0.4) is 0 Å². The summed E-state index contributed by atoms with van der Waals surface area (Å²) in [6, 6.07) is 11.2. The van der Waals surface area contributed by atoms with Crippen LogP contribution in [0.2, 0.25) is 0 Å². The first-order valence-electron chi connectivity index (χ1n) is 13.6. The number of likely N-dealkylation sites (N-methyl/N-ethyl adjacent to an activating group) is 2. The molecule has 1 N–H and O–H groups in total. The Morgan fingerprint density at radius 2 is 1.90 bits per heavy atom. The Labute approximate surface area is 239 Å². The molecule has 0 fully saturated rings. The normalized spacial score (nSPS) is 11.3. The molecular weight excluding hydrogens is 522 g/mol. The molecule has 0 aliphatic heterocycles. The van der Waals surface area contributed by atoms with Crippen molar-refractivity contribution in [3.63, 3.8) is 0 Å². The van der Waals surface area contributed by atoms with Gasteiger partial charge in [0.05, 0.1) is 22.4 Å². The Kier molecular flexibility index (Phi) is 8.87. The van der Waals surface area contributed by atoms with Crippen molar-refractivity contribution in [3.8, 4) is 11.3 Å². The van der Waals surface area contributed by atoms with Crippen LogP contribution in [0.1, 0.15) is 36.7 Å². The van der Waals surface area contributed by atoms with Crippen LogP contribution >= 0.6 is 0 Å². The number of carbonyl (C=O) groups excluding carboxylic acids is 1. The average Bonchev–Trinajstić information content (AvgIpc) is 3.30. The van der Waals surface area contributed by atoms with E-state index in [9.17, 15) is 14.9 Å². The van der Waals surface area contributed by atoms with Gasteiger partial charge in [-0.05, 0) is 59.5 Å². The number of hydrogen-bond donors (Lipinski definition) is 1. The van der Waals surface area contributed by atoms with Gasteiger partial charge in [0.15, 0.2) is 0 Å². The number of para-hydroxylation sites is 1. The Bertz CT molecular complexity index is 1580. The van der Waals surface area contributed by atoms with E-state index < -0.39 is 5.97 Å². The fourth-order valence-corrected chi connectivity index (χ4v) is 4.63.